The SMILES string of the molecule is COCCNC(=O)CCc1nc(N2CCC(C)CC2)c2c(C)noc2n1. The van der Waals surface area contributed by atoms with Gasteiger partial charge in [-0.2, -0.15) is 4.98 Å². The first-order chi connectivity index (χ1) is 12.6. The Balaban J connectivity index is 1.76. The Hall–Kier alpha value is -2.22. The molecule has 8 nitrogen and oxygen atoms in total. The first-order valence-corrected chi connectivity index (χ1v) is 9.22. The van der Waals surface area contributed by atoms with Crippen LogP contribution in [0.3, 0.4) is 0 Å². The first kappa shape index (κ1) is 18.6. The summed E-state index contributed by atoms with van der Waals surface area (Å²) in [6, 6.07) is 0. The van der Waals surface area contributed by atoms with Crippen molar-refractivity contribution in [1.82, 2.24) is 20.4 Å². The molecule has 0 spiro atoms. The third-order valence-corrected chi connectivity index (χ3v) is 4.82. The highest BCUT2D eigenvalue weighted by Crippen LogP contribution is 2.30. The summed E-state index contributed by atoms with van der Waals surface area (Å²) in [5.74, 6) is 2.20. The monoisotopic (exact) mass is 361 g/mol. The van der Waals surface area contributed by atoms with Crippen molar-refractivity contribution < 1.29 is 14.1 Å². The van der Waals surface area contributed by atoms with E-state index in [4.69, 9.17) is 14.2 Å². The summed E-state index contributed by atoms with van der Waals surface area (Å²) >= 11 is 0. The second kappa shape index (κ2) is 8.44. The van der Waals surface area contributed by atoms with Crippen LogP contribution in [-0.4, -0.2) is 54.4 Å². The average molecular weight is 361 g/mol. The molecular formula is C18H27N5O3. The minimum absolute atomic E-state index is 0.0344. The molecule has 1 amide bonds. The first-order valence-electron chi connectivity index (χ1n) is 9.22. The number of amides is 1. The number of rotatable bonds is 7. The summed E-state index contributed by atoms with van der Waals surface area (Å²) in [6.07, 6.45) is 3.09. The molecule has 3 heterocycles. The fraction of sp³-hybridized carbons (Fsp3) is 0.667. The topological polar surface area (TPSA) is 93.4 Å². The lowest BCUT2D eigenvalue weighted by Gasteiger charge is -2.31. The molecule has 0 aromatic carbocycles. The van der Waals surface area contributed by atoms with Gasteiger partial charge in [0.05, 0.1) is 12.3 Å². The van der Waals surface area contributed by atoms with E-state index < -0.39 is 0 Å². The minimum Gasteiger partial charge on any atom is -0.383 e. The number of carbonyl (C=O) groups excluding carboxylic acids is 1. The fourth-order valence-electron chi connectivity index (χ4n) is 3.18. The van der Waals surface area contributed by atoms with Crippen LogP contribution in [0.4, 0.5) is 5.82 Å². The van der Waals surface area contributed by atoms with E-state index in [1.165, 1.54) is 0 Å². The van der Waals surface area contributed by atoms with Gasteiger partial charge in [0.1, 0.15) is 17.0 Å². The van der Waals surface area contributed by atoms with Gasteiger partial charge in [0.15, 0.2) is 0 Å². The Labute approximate surface area is 153 Å². The zero-order valence-electron chi connectivity index (χ0n) is 15.7. The van der Waals surface area contributed by atoms with Crippen LogP contribution in [0.25, 0.3) is 11.1 Å². The van der Waals surface area contributed by atoms with Gasteiger partial charge in [-0.3, -0.25) is 4.79 Å². The van der Waals surface area contributed by atoms with Crippen LogP contribution >= 0.6 is 0 Å². The van der Waals surface area contributed by atoms with E-state index in [0.717, 1.165) is 48.7 Å². The lowest BCUT2D eigenvalue weighted by atomic mass is 9.99. The molecule has 0 radical (unpaired) electrons. The number of ether oxygens (including phenoxy) is 1. The molecule has 1 aliphatic rings. The van der Waals surface area contributed by atoms with Gasteiger partial charge in [-0.25, -0.2) is 4.98 Å². The molecule has 142 valence electrons. The fourth-order valence-corrected chi connectivity index (χ4v) is 3.18. The largest absolute Gasteiger partial charge is 0.383 e. The zero-order valence-corrected chi connectivity index (χ0v) is 15.7. The number of methoxy groups -OCH3 is 1. The lowest BCUT2D eigenvalue weighted by molar-refractivity contribution is -0.121. The molecule has 0 saturated carbocycles. The van der Waals surface area contributed by atoms with Crippen molar-refractivity contribution in [2.75, 3.05) is 38.3 Å². The van der Waals surface area contributed by atoms with Crippen molar-refractivity contribution in [2.24, 2.45) is 5.92 Å². The van der Waals surface area contributed by atoms with Crippen LogP contribution < -0.4 is 10.2 Å². The van der Waals surface area contributed by atoms with Crippen LogP contribution in [0, 0.1) is 12.8 Å². The molecule has 3 rings (SSSR count). The molecule has 0 bridgehead atoms. The van der Waals surface area contributed by atoms with E-state index in [1.807, 2.05) is 6.92 Å². The van der Waals surface area contributed by atoms with E-state index in [-0.39, 0.29) is 5.91 Å². The Morgan fingerprint density at radius 3 is 2.85 bits per heavy atom. The summed E-state index contributed by atoms with van der Waals surface area (Å²) in [6.45, 7) is 7.14. The predicted octanol–water partition coefficient (Wildman–Crippen LogP) is 1.86. The lowest BCUT2D eigenvalue weighted by Crippen LogP contribution is -2.34. The molecule has 0 aliphatic carbocycles. The molecule has 1 saturated heterocycles. The molecule has 1 aliphatic heterocycles. The Morgan fingerprint density at radius 1 is 1.35 bits per heavy atom. The quantitative estimate of drug-likeness (QED) is 0.752. The van der Waals surface area contributed by atoms with Gasteiger partial charge in [-0.1, -0.05) is 12.1 Å². The highest BCUT2D eigenvalue weighted by atomic mass is 16.5. The molecule has 1 N–H and O–H groups in total. The maximum atomic E-state index is 11.9. The normalized spacial score (nSPS) is 15.6. The number of fused-ring (bicyclic) bond motifs is 1. The smallest absolute Gasteiger partial charge is 0.263 e. The summed E-state index contributed by atoms with van der Waals surface area (Å²) in [4.78, 5) is 23.4. The second-order valence-electron chi connectivity index (χ2n) is 6.92. The standard InChI is InChI=1S/C18H27N5O3/c1-12-6-9-23(10-7-12)17-16-13(2)22-26-18(16)21-14(20-17)4-5-15(24)19-8-11-25-3/h12H,4-11H2,1-3H3,(H,19,24). The summed E-state index contributed by atoms with van der Waals surface area (Å²) in [5, 5.41) is 7.75. The number of anilines is 1. The van der Waals surface area contributed by atoms with Crippen LogP contribution in [0.5, 0.6) is 0 Å². The van der Waals surface area contributed by atoms with Gasteiger partial charge in [0, 0.05) is 39.6 Å². The van der Waals surface area contributed by atoms with E-state index in [1.54, 1.807) is 7.11 Å². The second-order valence-corrected chi connectivity index (χ2v) is 6.92. The maximum absolute atomic E-state index is 11.9. The number of piperidine rings is 1. The number of carbonyl (C=O) groups is 1. The molecule has 2 aromatic rings. The van der Waals surface area contributed by atoms with Crippen molar-refractivity contribution in [2.45, 2.75) is 39.5 Å². The number of hydrogen-bond donors (Lipinski definition) is 1. The minimum atomic E-state index is -0.0344. The third kappa shape index (κ3) is 4.30. The van der Waals surface area contributed by atoms with E-state index in [9.17, 15) is 4.79 Å². The number of nitrogens with zero attached hydrogens (tertiary/aromatic N) is 4. The van der Waals surface area contributed by atoms with E-state index in [2.05, 4.69) is 27.3 Å². The Morgan fingerprint density at radius 2 is 2.12 bits per heavy atom. The number of nitrogens with one attached hydrogen (secondary N) is 1. The van der Waals surface area contributed by atoms with Gasteiger partial charge >= 0.3 is 0 Å². The van der Waals surface area contributed by atoms with Gasteiger partial charge in [0.25, 0.3) is 5.71 Å². The predicted molar refractivity (Wildman–Crippen MR) is 98.2 cm³/mol. The molecule has 8 heteroatoms. The molecule has 26 heavy (non-hydrogen) atoms. The van der Waals surface area contributed by atoms with Gasteiger partial charge in [-0.15, -0.1) is 0 Å². The van der Waals surface area contributed by atoms with Crippen LogP contribution in [0.15, 0.2) is 4.52 Å². The van der Waals surface area contributed by atoms with Crippen molar-refractivity contribution in [3.05, 3.63) is 11.5 Å². The van der Waals surface area contributed by atoms with Crippen molar-refractivity contribution in [3.8, 4) is 0 Å². The van der Waals surface area contributed by atoms with Crippen LogP contribution in [0.1, 0.15) is 37.7 Å². The number of hydrogen-bond acceptors (Lipinski definition) is 7. The molecule has 2 aromatic heterocycles. The summed E-state index contributed by atoms with van der Waals surface area (Å²) in [7, 11) is 1.61. The van der Waals surface area contributed by atoms with Crippen LogP contribution in [-0.2, 0) is 16.0 Å². The van der Waals surface area contributed by atoms with Gasteiger partial charge in [0.2, 0.25) is 5.91 Å². The summed E-state index contributed by atoms with van der Waals surface area (Å²) < 4.78 is 10.3. The third-order valence-electron chi connectivity index (χ3n) is 4.82. The van der Waals surface area contributed by atoms with E-state index >= 15 is 0 Å². The highest BCUT2D eigenvalue weighted by Gasteiger charge is 2.23. The maximum Gasteiger partial charge on any atom is 0.263 e. The molecule has 0 unspecified atom stereocenters. The number of aryl methyl sites for hydroxylation is 2. The van der Waals surface area contributed by atoms with Crippen molar-refractivity contribution in [1.29, 1.82) is 0 Å². The van der Waals surface area contributed by atoms with Gasteiger partial charge < -0.3 is 19.5 Å². The Kier molecular flexibility index (Phi) is 6.03. The highest BCUT2D eigenvalue weighted by molar-refractivity contribution is 5.88. The average Bonchev–Trinajstić information content (AvgIpc) is 3.01. The molecule has 0 atom stereocenters. The van der Waals surface area contributed by atoms with Crippen molar-refractivity contribution >= 4 is 22.8 Å². The summed E-state index contributed by atoms with van der Waals surface area (Å²) in [5.41, 5.74) is 1.30. The zero-order chi connectivity index (χ0) is 18.5. The van der Waals surface area contributed by atoms with Crippen molar-refractivity contribution in [3.63, 3.8) is 0 Å². The van der Waals surface area contributed by atoms with Crippen LogP contribution in [0.2, 0.25) is 0 Å². The molecule has 1 fully saturated rings. The van der Waals surface area contributed by atoms with E-state index in [0.29, 0.717) is 37.5 Å². The van der Waals surface area contributed by atoms with Gasteiger partial charge in [-0.05, 0) is 25.7 Å². The Bertz CT molecular complexity index is 753. The number of aromatic nitrogens is 3. The molecular weight excluding hydrogens is 334 g/mol.